The molecule has 1 atom stereocenters. The van der Waals surface area contributed by atoms with Gasteiger partial charge in [-0.15, -0.1) is 11.3 Å². The summed E-state index contributed by atoms with van der Waals surface area (Å²) in [5, 5.41) is 3.33. The Bertz CT molecular complexity index is 296. The maximum absolute atomic E-state index is 5.90. The van der Waals surface area contributed by atoms with Gasteiger partial charge in [0, 0.05) is 18.4 Å². The number of thiazole rings is 1. The van der Waals surface area contributed by atoms with E-state index in [0.717, 1.165) is 5.69 Å². The first-order valence-electron chi connectivity index (χ1n) is 5.01. The third-order valence-corrected chi connectivity index (χ3v) is 3.75. The van der Waals surface area contributed by atoms with Gasteiger partial charge in [-0.25, -0.2) is 4.98 Å². The van der Waals surface area contributed by atoms with Crippen molar-refractivity contribution < 1.29 is 4.74 Å². The highest BCUT2D eigenvalue weighted by atomic mass is 32.1. The van der Waals surface area contributed by atoms with Gasteiger partial charge in [-0.1, -0.05) is 6.42 Å². The summed E-state index contributed by atoms with van der Waals surface area (Å²) in [6.45, 7) is 0.549. The van der Waals surface area contributed by atoms with E-state index < -0.39 is 0 Å². The zero-order chi connectivity index (χ0) is 9.97. The van der Waals surface area contributed by atoms with Crippen LogP contribution in [-0.2, 0) is 4.74 Å². The monoisotopic (exact) mass is 212 g/mol. The predicted octanol–water partition coefficient (Wildman–Crippen LogP) is 2.06. The molecule has 0 aliphatic heterocycles. The van der Waals surface area contributed by atoms with Crippen molar-refractivity contribution in [3.63, 3.8) is 0 Å². The molecule has 1 fully saturated rings. The van der Waals surface area contributed by atoms with Crippen molar-refractivity contribution in [2.75, 3.05) is 13.7 Å². The molecule has 1 heterocycles. The van der Waals surface area contributed by atoms with E-state index in [2.05, 4.69) is 10.4 Å². The van der Waals surface area contributed by atoms with Gasteiger partial charge in [0.1, 0.15) is 0 Å². The largest absolute Gasteiger partial charge is 0.383 e. The molecule has 1 saturated carbocycles. The maximum atomic E-state index is 5.90. The van der Waals surface area contributed by atoms with E-state index in [1.807, 2.05) is 0 Å². The lowest BCUT2D eigenvalue weighted by atomic mass is 9.86. The minimum atomic E-state index is -0.0647. The lowest BCUT2D eigenvalue weighted by molar-refractivity contribution is 0.179. The molecule has 1 aliphatic carbocycles. The highest BCUT2D eigenvalue weighted by molar-refractivity contribution is 7.09. The average molecular weight is 212 g/mol. The topological polar surface area (TPSA) is 48.1 Å². The second kappa shape index (κ2) is 4.38. The Morgan fingerprint density at radius 3 is 3.07 bits per heavy atom. The van der Waals surface area contributed by atoms with Gasteiger partial charge in [-0.05, 0) is 12.8 Å². The number of methoxy groups -OCH3 is 1. The van der Waals surface area contributed by atoms with Crippen molar-refractivity contribution in [1.82, 2.24) is 4.98 Å². The Hall–Kier alpha value is -0.450. The average Bonchev–Trinajstić information content (AvgIpc) is 2.50. The molecule has 2 rings (SSSR count). The van der Waals surface area contributed by atoms with Gasteiger partial charge < -0.3 is 10.5 Å². The molecule has 78 valence electrons. The Kier molecular flexibility index (Phi) is 3.15. The number of ether oxygens (including phenoxy) is 1. The first-order chi connectivity index (χ1) is 6.81. The fraction of sp³-hybridized carbons (Fsp3) is 0.700. The lowest BCUT2D eigenvalue weighted by Crippen LogP contribution is -2.17. The summed E-state index contributed by atoms with van der Waals surface area (Å²) in [7, 11) is 1.67. The van der Waals surface area contributed by atoms with E-state index in [1.165, 1.54) is 24.3 Å². The smallest absolute Gasteiger partial charge is 0.0959 e. The fourth-order valence-corrected chi connectivity index (χ4v) is 2.63. The van der Waals surface area contributed by atoms with Crippen LogP contribution in [0.25, 0.3) is 0 Å². The van der Waals surface area contributed by atoms with E-state index in [1.54, 1.807) is 18.4 Å². The van der Waals surface area contributed by atoms with Crippen molar-refractivity contribution in [1.29, 1.82) is 0 Å². The van der Waals surface area contributed by atoms with Crippen molar-refractivity contribution in [3.05, 3.63) is 16.1 Å². The van der Waals surface area contributed by atoms with Gasteiger partial charge in [0.05, 0.1) is 23.4 Å². The van der Waals surface area contributed by atoms with Gasteiger partial charge in [0.15, 0.2) is 0 Å². The normalized spacial score (nSPS) is 19.3. The van der Waals surface area contributed by atoms with Gasteiger partial charge >= 0.3 is 0 Å². The van der Waals surface area contributed by atoms with Crippen molar-refractivity contribution in [3.8, 4) is 0 Å². The third-order valence-electron chi connectivity index (χ3n) is 2.72. The van der Waals surface area contributed by atoms with Gasteiger partial charge in [-0.3, -0.25) is 0 Å². The minimum absolute atomic E-state index is 0.0647. The van der Waals surface area contributed by atoms with Crippen LogP contribution in [0, 0.1) is 0 Å². The molecule has 0 amide bonds. The Morgan fingerprint density at radius 1 is 1.71 bits per heavy atom. The Morgan fingerprint density at radius 2 is 2.50 bits per heavy atom. The molecule has 2 N–H and O–H groups in total. The van der Waals surface area contributed by atoms with Crippen molar-refractivity contribution >= 4 is 11.3 Å². The molecule has 1 aromatic rings. The summed E-state index contributed by atoms with van der Waals surface area (Å²) >= 11 is 1.74. The van der Waals surface area contributed by atoms with Crippen LogP contribution in [0.15, 0.2) is 5.38 Å². The molecule has 0 aromatic carbocycles. The number of nitrogens with zero attached hydrogens (tertiary/aromatic N) is 1. The van der Waals surface area contributed by atoms with Crippen LogP contribution in [0.5, 0.6) is 0 Å². The van der Waals surface area contributed by atoms with Crippen LogP contribution < -0.4 is 5.73 Å². The van der Waals surface area contributed by atoms with Crippen LogP contribution >= 0.6 is 11.3 Å². The van der Waals surface area contributed by atoms with Crippen LogP contribution in [0.4, 0.5) is 0 Å². The molecule has 0 bridgehead atoms. The SMILES string of the molecule is COCC(N)c1csc(C2CCC2)n1. The summed E-state index contributed by atoms with van der Waals surface area (Å²) in [5.74, 6) is 0.712. The number of hydrogen-bond acceptors (Lipinski definition) is 4. The molecule has 0 radical (unpaired) electrons. The number of aromatic nitrogens is 1. The molecule has 0 saturated heterocycles. The maximum Gasteiger partial charge on any atom is 0.0959 e. The molecule has 0 spiro atoms. The second-order valence-electron chi connectivity index (χ2n) is 3.80. The molecule has 1 aromatic heterocycles. The molecule has 14 heavy (non-hydrogen) atoms. The van der Waals surface area contributed by atoms with Gasteiger partial charge in [0.2, 0.25) is 0 Å². The van der Waals surface area contributed by atoms with Crippen molar-refractivity contribution in [2.45, 2.75) is 31.2 Å². The van der Waals surface area contributed by atoms with E-state index in [0.29, 0.717) is 12.5 Å². The summed E-state index contributed by atoms with van der Waals surface area (Å²) in [5.41, 5.74) is 6.88. The molecule has 4 heteroatoms. The van der Waals surface area contributed by atoms with E-state index in [9.17, 15) is 0 Å². The summed E-state index contributed by atoms with van der Waals surface area (Å²) < 4.78 is 5.01. The van der Waals surface area contributed by atoms with Crippen LogP contribution in [0.3, 0.4) is 0 Å². The zero-order valence-electron chi connectivity index (χ0n) is 8.40. The molecule has 1 unspecified atom stereocenters. The Balaban J connectivity index is 2.01. The first kappa shape index (κ1) is 10.1. The molecule has 3 nitrogen and oxygen atoms in total. The number of nitrogens with two attached hydrogens (primary N) is 1. The van der Waals surface area contributed by atoms with Crippen LogP contribution in [-0.4, -0.2) is 18.7 Å². The van der Waals surface area contributed by atoms with E-state index in [4.69, 9.17) is 10.5 Å². The summed E-state index contributed by atoms with van der Waals surface area (Å²) in [6, 6.07) is -0.0647. The number of rotatable bonds is 4. The van der Waals surface area contributed by atoms with Crippen molar-refractivity contribution in [2.24, 2.45) is 5.73 Å². The summed E-state index contributed by atoms with van der Waals surface area (Å²) in [4.78, 5) is 4.56. The second-order valence-corrected chi connectivity index (χ2v) is 4.69. The molecular formula is C10H16N2OS. The highest BCUT2D eigenvalue weighted by Gasteiger charge is 2.23. The minimum Gasteiger partial charge on any atom is -0.383 e. The lowest BCUT2D eigenvalue weighted by Gasteiger charge is -2.22. The van der Waals surface area contributed by atoms with E-state index in [-0.39, 0.29) is 6.04 Å². The number of hydrogen-bond donors (Lipinski definition) is 1. The fourth-order valence-electron chi connectivity index (χ4n) is 1.58. The van der Waals surface area contributed by atoms with Gasteiger partial charge in [0.25, 0.3) is 0 Å². The van der Waals surface area contributed by atoms with Crippen LogP contribution in [0.1, 0.15) is 41.9 Å². The summed E-state index contributed by atoms with van der Waals surface area (Å²) in [6.07, 6.45) is 3.95. The highest BCUT2D eigenvalue weighted by Crippen LogP contribution is 2.38. The third kappa shape index (κ3) is 1.97. The Labute approximate surface area is 88.3 Å². The predicted molar refractivity (Wildman–Crippen MR) is 57.5 cm³/mol. The first-order valence-corrected chi connectivity index (χ1v) is 5.89. The molecule has 1 aliphatic rings. The van der Waals surface area contributed by atoms with Crippen LogP contribution in [0.2, 0.25) is 0 Å². The van der Waals surface area contributed by atoms with E-state index >= 15 is 0 Å². The molecular weight excluding hydrogens is 196 g/mol. The standard InChI is InChI=1S/C10H16N2OS/c1-13-5-8(11)9-6-14-10(12-9)7-3-2-4-7/h6-8H,2-5,11H2,1H3. The van der Waals surface area contributed by atoms with Gasteiger partial charge in [-0.2, -0.15) is 0 Å². The quantitative estimate of drug-likeness (QED) is 0.831. The zero-order valence-corrected chi connectivity index (χ0v) is 9.22.